The second-order valence-electron chi connectivity index (χ2n) is 6.28. The number of aliphatic hydroxyl groups is 1. The van der Waals surface area contributed by atoms with E-state index >= 15 is 0 Å². The lowest BCUT2D eigenvalue weighted by atomic mass is 10.2. The van der Waals surface area contributed by atoms with Crippen molar-refractivity contribution in [1.82, 2.24) is 24.5 Å². The van der Waals surface area contributed by atoms with Crippen LogP contribution in [0.2, 0.25) is 0 Å². The topological polar surface area (TPSA) is 59.1 Å². The Kier molecular flexibility index (Phi) is 4.59. The molecule has 120 valence electrons. The van der Waals surface area contributed by atoms with Gasteiger partial charge in [-0.2, -0.15) is 10.2 Å². The third-order valence-electron chi connectivity index (χ3n) is 4.39. The van der Waals surface area contributed by atoms with Crippen molar-refractivity contribution in [2.45, 2.75) is 51.9 Å². The Hall–Kier alpha value is -1.66. The Morgan fingerprint density at radius 1 is 1.36 bits per heavy atom. The minimum atomic E-state index is -0.388. The maximum Gasteiger partial charge on any atom is 0.0862 e. The summed E-state index contributed by atoms with van der Waals surface area (Å²) in [6, 6.07) is 4.46. The van der Waals surface area contributed by atoms with E-state index in [1.807, 2.05) is 19.2 Å². The molecule has 2 aromatic rings. The molecule has 2 unspecified atom stereocenters. The van der Waals surface area contributed by atoms with E-state index in [4.69, 9.17) is 0 Å². The Labute approximate surface area is 131 Å². The number of aromatic nitrogens is 4. The molecule has 0 radical (unpaired) electrons. The molecule has 1 aliphatic rings. The quantitative estimate of drug-likeness (QED) is 0.872. The maximum atomic E-state index is 10.3. The molecular formula is C16H25N5O. The highest BCUT2D eigenvalue weighted by molar-refractivity contribution is 5.07. The first-order valence-electron chi connectivity index (χ1n) is 8.02. The van der Waals surface area contributed by atoms with Gasteiger partial charge in [-0.25, -0.2) is 0 Å². The van der Waals surface area contributed by atoms with Crippen molar-refractivity contribution in [2.75, 3.05) is 13.1 Å². The van der Waals surface area contributed by atoms with E-state index < -0.39 is 0 Å². The van der Waals surface area contributed by atoms with Crippen molar-refractivity contribution >= 4 is 0 Å². The molecule has 0 spiro atoms. The number of aliphatic hydroxyl groups excluding tert-OH is 1. The molecule has 22 heavy (non-hydrogen) atoms. The number of nitrogens with zero attached hydrogens (tertiary/aromatic N) is 5. The zero-order chi connectivity index (χ0) is 15.5. The summed E-state index contributed by atoms with van der Waals surface area (Å²) in [5.74, 6) is 0. The minimum absolute atomic E-state index is 0.388. The molecular weight excluding hydrogens is 278 g/mol. The largest absolute Gasteiger partial charge is 0.390 e. The summed E-state index contributed by atoms with van der Waals surface area (Å²) in [5.41, 5.74) is 2.28. The average Bonchev–Trinajstić information content (AvgIpc) is 3.16. The second-order valence-corrected chi connectivity index (χ2v) is 6.28. The lowest BCUT2D eigenvalue weighted by molar-refractivity contribution is 0.0845. The summed E-state index contributed by atoms with van der Waals surface area (Å²) in [4.78, 5) is 2.39. The number of aryl methyl sites for hydroxylation is 2. The van der Waals surface area contributed by atoms with Gasteiger partial charge in [0.25, 0.3) is 0 Å². The van der Waals surface area contributed by atoms with Gasteiger partial charge in [0.2, 0.25) is 0 Å². The fraction of sp³-hybridized carbons (Fsp3) is 0.625. The van der Waals surface area contributed by atoms with E-state index in [1.165, 1.54) is 18.5 Å². The van der Waals surface area contributed by atoms with Crippen molar-refractivity contribution < 1.29 is 5.11 Å². The Balaban J connectivity index is 1.57. The fourth-order valence-electron chi connectivity index (χ4n) is 3.35. The lowest BCUT2D eigenvalue weighted by Gasteiger charge is -2.27. The SMILES string of the molecule is Cc1cc(C)n(CC2CCCN2CC(O)Cn2cccn2)n1. The molecule has 0 amide bonds. The van der Waals surface area contributed by atoms with Crippen LogP contribution in [-0.4, -0.2) is 54.8 Å². The molecule has 1 aliphatic heterocycles. The highest BCUT2D eigenvalue weighted by Gasteiger charge is 2.27. The molecule has 0 bridgehead atoms. The average molecular weight is 303 g/mol. The predicted molar refractivity (Wildman–Crippen MR) is 84.5 cm³/mol. The van der Waals surface area contributed by atoms with Gasteiger partial charge in [-0.15, -0.1) is 0 Å². The number of rotatable bonds is 6. The van der Waals surface area contributed by atoms with Crippen LogP contribution in [0.4, 0.5) is 0 Å². The van der Waals surface area contributed by atoms with E-state index in [0.29, 0.717) is 19.1 Å². The molecule has 3 heterocycles. The van der Waals surface area contributed by atoms with Crippen LogP contribution in [0.5, 0.6) is 0 Å². The van der Waals surface area contributed by atoms with Gasteiger partial charge < -0.3 is 5.11 Å². The second kappa shape index (κ2) is 6.62. The Morgan fingerprint density at radius 2 is 2.23 bits per heavy atom. The van der Waals surface area contributed by atoms with Crippen molar-refractivity contribution in [1.29, 1.82) is 0 Å². The summed E-state index contributed by atoms with van der Waals surface area (Å²) >= 11 is 0. The van der Waals surface area contributed by atoms with Gasteiger partial charge in [-0.3, -0.25) is 14.3 Å². The predicted octanol–water partition coefficient (Wildman–Crippen LogP) is 1.22. The molecule has 1 N–H and O–H groups in total. The zero-order valence-corrected chi connectivity index (χ0v) is 13.4. The fourth-order valence-corrected chi connectivity index (χ4v) is 3.35. The van der Waals surface area contributed by atoms with Gasteiger partial charge in [-0.1, -0.05) is 0 Å². The standard InChI is InChI=1S/C16H25N5O/c1-13-9-14(2)21(18-13)10-15-5-3-7-19(15)11-16(22)12-20-8-4-6-17-20/h4,6,8-9,15-16,22H,3,5,7,10-12H2,1-2H3. The summed E-state index contributed by atoms with van der Waals surface area (Å²) in [7, 11) is 0. The van der Waals surface area contributed by atoms with Crippen molar-refractivity contribution in [3.05, 3.63) is 35.9 Å². The molecule has 0 aromatic carbocycles. The third kappa shape index (κ3) is 3.56. The summed E-state index contributed by atoms with van der Waals surface area (Å²) in [6.07, 6.45) is 5.61. The molecule has 6 nitrogen and oxygen atoms in total. The first-order valence-corrected chi connectivity index (χ1v) is 8.02. The third-order valence-corrected chi connectivity index (χ3v) is 4.39. The van der Waals surface area contributed by atoms with Gasteiger partial charge >= 0.3 is 0 Å². The molecule has 6 heteroatoms. The van der Waals surface area contributed by atoms with Crippen LogP contribution >= 0.6 is 0 Å². The van der Waals surface area contributed by atoms with Crippen molar-refractivity contribution in [3.63, 3.8) is 0 Å². The van der Waals surface area contributed by atoms with Gasteiger partial charge in [0.05, 0.1) is 24.9 Å². The van der Waals surface area contributed by atoms with Gasteiger partial charge in [0.15, 0.2) is 0 Å². The molecule has 2 aromatic heterocycles. The summed E-state index contributed by atoms with van der Waals surface area (Å²) in [5, 5.41) is 19.0. The van der Waals surface area contributed by atoms with Crippen LogP contribution in [-0.2, 0) is 13.1 Å². The molecule has 0 aliphatic carbocycles. The van der Waals surface area contributed by atoms with Gasteiger partial charge in [-0.05, 0) is 45.4 Å². The highest BCUT2D eigenvalue weighted by atomic mass is 16.3. The van der Waals surface area contributed by atoms with Crippen LogP contribution < -0.4 is 0 Å². The number of likely N-dealkylation sites (tertiary alicyclic amines) is 1. The van der Waals surface area contributed by atoms with Gasteiger partial charge in [0, 0.05) is 30.7 Å². The summed E-state index contributed by atoms with van der Waals surface area (Å²) < 4.78 is 3.88. The number of β-amino-alcohol motifs (C(OH)–C–C–N with tert-alkyl or cyclic N) is 1. The zero-order valence-electron chi connectivity index (χ0n) is 13.4. The monoisotopic (exact) mass is 303 g/mol. The van der Waals surface area contributed by atoms with Crippen molar-refractivity contribution in [3.8, 4) is 0 Å². The lowest BCUT2D eigenvalue weighted by Crippen LogP contribution is -2.40. The first kappa shape index (κ1) is 15.2. The molecule has 1 fully saturated rings. The first-order chi connectivity index (χ1) is 10.6. The van der Waals surface area contributed by atoms with Crippen LogP contribution in [0.15, 0.2) is 24.5 Å². The normalized spacial score (nSPS) is 20.6. The Morgan fingerprint density at radius 3 is 2.91 bits per heavy atom. The molecule has 2 atom stereocenters. The van der Waals surface area contributed by atoms with Crippen LogP contribution in [0, 0.1) is 13.8 Å². The van der Waals surface area contributed by atoms with Crippen LogP contribution in [0.1, 0.15) is 24.2 Å². The highest BCUT2D eigenvalue weighted by Crippen LogP contribution is 2.20. The van der Waals surface area contributed by atoms with E-state index in [9.17, 15) is 5.11 Å². The smallest absolute Gasteiger partial charge is 0.0862 e. The van der Waals surface area contributed by atoms with Crippen LogP contribution in [0.25, 0.3) is 0 Å². The Bertz CT molecular complexity index is 592. The molecule has 0 saturated carbocycles. The van der Waals surface area contributed by atoms with E-state index in [2.05, 4.69) is 32.8 Å². The van der Waals surface area contributed by atoms with E-state index in [1.54, 1.807) is 10.9 Å². The molecule has 3 rings (SSSR count). The van der Waals surface area contributed by atoms with E-state index in [-0.39, 0.29) is 6.10 Å². The number of hydrogen-bond donors (Lipinski definition) is 1. The van der Waals surface area contributed by atoms with Crippen molar-refractivity contribution in [2.24, 2.45) is 0 Å². The van der Waals surface area contributed by atoms with Gasteiger partial charge in [0.1, 0.15) is 0 Å². The van der Waals surface area contributed by atoms with E-state index in [0.717, 1.165) is 18.8 Å². The van der Waals surface area contributed by atoms with Crippen LogP contribution in [0.3, 0.4) is 0 Å². The number of hydrogen-bond acceptors (Lipinski definition) is 4. The molecule has 1 saturated heterocycles. The minimum Gasteiger partial charge on any atom is -0.390 e. The maximum absolute atomic E-state index is 10.3. The summed E-state index contributed by atoms with van der Waals surface area (Å²) in [6.45, 7) is 7.35.